The van der Waals surface area contributed by atoms with Crippen LogP contribution in [0.15, 0.2) is 47.4 Å². The monoisotopic (exact) mass is 378 g/mol. The Bertz CT molecular complexity index is 911. The number of hydrogen-bond donors (Lipinski definition) is 0. The van der Waals surface area contributed by atoms with E-state index in [0.29, 0.717) is 17.2 Å². The highest BCUT2D eigenvalue weighted by Crippen LogP contribution is 2.42. The van der Waals surface area contributed by atoms with E-state index < -0.39 is 14.9 Å². The molecule has 1 fully saturated rings. The van der Waals surface area contributed by atoms with Crippen molar-refractivity contribution in [3.8, 4) is 0 Å². The maximum Gasteiger partial charge on any atom is 0.269 e. The standard InChI is InChI=1S/C17H18N2O4S2/c1-12-3-8-16(13(2)11-12)25(22,23)18-9-10-24-17(18)14-4-6-15(7-5-14)19(20)21/h3-8,11,17H,9-10H2,1-2H3/t17-/m0/s1. The smallest absolute Gasteiger partial charge is 0.258 e. The lowest BCUT2D eigenvalue weighted by Gasteiger charge is -2.24. The van der Waals surface area contributed by atoms with Crippen LogP contribution in [-0.2, 0) is 10.0 Å². The summed E-state index contributed by atoms with van der Waals surface area (Å²) in [7, 11) is -3.63. The van der Waals surface area contributed by atoms with E-state index >= 15 is 0 Å². The fourth-order valence-electron chi connectivity index (χ4n) is 2.94. The molecule has 6 nitrogen and oxygen atoms in total. The van der Waals surface area contributed by atoms with Crippen molar-refractivity contribution in [2.45, 2.75) is 24.1 Å². The zero-order valence-electron chi connectivity index (χ0n) is 13.9. The summed E-state index contributed by atoms with van der Waals surface area (Å²) in [5.41, 5.74) is 2.48. The predicted molar refractivity (Wildman–Crippen MR) is 98.1 cm³/mol. The van der Waals surface area contributed by atoms with Crippen molar-refractivity contribution in [3.05, 3.63) is 69.3 Å². The summed E-state index contributed by atoms with van der Waals surface area (Å²) in [5.74, 6) is 0.686. The van der Waals surface area contributed by atoms with Gasteiger partial charge in [-0.25, -0.2) is 8.42 Å². The lowest BCUT2D eigenvalue weighted by molar-refractivity contribution is -0.384. The molecule has 0 aromatic heterocycles. The second kappa shape index (κ2) is 6.78. The molecule has 0 saturated carbocycles. The third kappa shape index (κ3) is 3.42. The molecule has 0 aliphatic carbocycles. The van der Waals surface area contributed by atoms with Gasteiger partial charge in [0.2, 0.25) is 10.0 Å². The summed E-state index contributed by atoms with van der Waals surface area (Å²) in [4.78, 5) is 10.7. The van der Waals surface area contributed by atoms with Crippen LogP contribution < -0.4 is 0 Å². The third-order valence-electron chi connectivity index (χ3n) is 4.16. The summed E-state index contributed by atoms with van der Waals surface area (Å²) in [6.07, 6.45) is 0. The number of nitro benzene ring substituents is 1. The molecule has 25 heavy (non-hydrogen) atoms. The number of non-ortho nitro benzene ring substituents is 1. The van der Waals surface area contributed by atoms with Crippen molar-refractivity contribution in [1.82, 2.24) is 4.31 Å². The third-order valence-corrected chi connectivity index (χ3v) is 7.57. The first kappa shape index (κ1) is 17.9. The van der Waals surface area contributed by atoms with Gasteiger partial charge in [0.05, 0.1) is 15.2 Å². The van der Waals surface area contributed by atoms with E-state index in [0.717, 1.165) is 16.7 Å². The van der Waals surface area contributed by atoms with E-state index in [1.54, 1.807) is 31.2 Å². The Hall–Kier alpha value is -1.90. The molecule has 0 unspecified atom stereocenters. The predicted octanol–water partition coefficient (Wildman–Crippen LogP) is 3.65. The van der Waals surface area contributed by atoms with Crippen LogP contribution in [0.5, 0.6) is 0 Å². The lowest BCUT2D eigenvalue weighted by Crippen LogP contribution is -2.31. The molecule has 3 rings (SSSR count). The first-order valence-corrected chi connectivity index (χ1v) is 10.2. The minimum Gasteiger partial charge on any atom is -0.258 e. The van der Waals surface area contributed by atoms with Crippen LogP contribution in [0.4, 0.5) is 5.69 Å². The van der Waals surface area contributed by atoms with Crippen LogP contribution in [-0.4, -0.2) is 29.9 Å². The van der Waals surface area contributed by atoms with Crippen LogP contribution in [0.2, 0.25) is 0 Å². The molecular weight excluding hydrogens is 360 g/mol. The average Bonchev–Trinajstić information content (AvgIpc) is 3.05. The number of aryl methyl sites for hydroxylation is 2. The summed E-state index contributed by atoms with van der Waals surface area (Å²) in [6, 6.07) is 11.4. The first-order chi connectivity index (χ1) is 11.8. The molecule has 1 saturated heterocycles. The highest BCUT2D eigenvalue weighted by atomic mass is 32.2. The maximum atomic E-state index is 13.1. The Balaban J connectivity index is 1.96. The zero-order chi connectivity index (χ0) is 18.2. The van der Waals surface area contributed by atoms with E-state index in [2.05, 4.69) is 0 Å². The van der Waals surface area contributed by atoms with Crippen LogP contribution in [0, 0.1) is 24.0 Å². The second-order valence-corrected chi connectivity index (χ2v) is 9.00. The van der Waals surface area contributed by atoms with Gasteiger partial charge in [0, 0.05) is 24.4 Å². The molecule has 132 valence electrons. The summed E-state index contributed by atoms with van der Waals surface area (Å²) in [6.45, 7) is 4.14. The van der Waals surface area contributed by atoms with Gasteiger partial charge in [-0.2, -0.15) is 4.31 Å². The number of benzene rings is 2. The van der Waals surface area contributed by atoms with Gasteiger partial charge in [-0.3, -0.25) is 10.1 Å². The molecule has 0 radical (unpaired) electrons. The SMILES string of the molecule is Cc1ccc(S(=O)(=O)N2CCS[C@H]2c2ccc([N+](=O)[O-])cc2)c(C)c1. The summed E-state index contributed by atoms with van der Waals surface area (Å²) >= 11 is 1.53. The summed E-state index contributed by atoms with van der Waals surface area (Å²) in [5, 5.41) is 10.4. The van der Waals surface area contributed by atoms with E-state index in [1.807, 2.05) is 13.0 Å². The minimum atomic E-state index is -3.63. The van der Waals surface area contributed by atoms with E-state index in [9.17, 15) is 18.5 Å². The van der Waals surface area contributed by atoms with Gasteiger partial charge in [0.15, 0.2) is 0 Å². The highest BCUT2D eigenvalue weighted by molar-refractivity contribution is 8.01. The Morgan fingerprint density at radius 1 is 1.16 bits per heavy atom. The highest BCUT2D eigenvalue weighted by Gasteiger charge is 2.37. The van der Waals surface area contributed by atoms with Gasteiger partial charge in [-0.15, -0.1) is 11.8 Å². The van der Waals surface area contributed by atoms with Gasteiger partial charge in [0.1, 0.15) is 0 Å². The Morgan fingerprint density at radius 3 is 2.44 bits per heavy atom. The van der Waals surface area contributed by atoms with Gasteiger partial charge >= 0.3 is 0 Å². The van der Waals surface area contributed by atoms with Crippen molar-refractivity contribution in [1.29, 1.82) is 0 Å². The minimum absolute atomic E-state index is 0.00414. The maximum absolute atomic E-state index is 13.1. The fourth-order valence-corrected chi connectivity index (χ4v) is 6.39. The molecule has 0 amide bonds. The zero-order valence-corrected chi connectivity index (χ0v) is 15.5. The van der Waals surface area contributed by atoms with E-state index in [4.69, 9.17) is 0 Å². The Kier molecular flexibility index (Phi) is 4.86. The molecule has 1 atom stereocenters. The second-order valence-electron chi connectivity index (χ2n) is 5.96. The molecule has 0 N–H and O–H groups in total. The molecule has 2 aromatic carbocycles. The first-order valence-electron chi connectivity index (χ1n) is 7.76. The van der Waals surface area contributed by atoms with Gasteiger partial charge in [-0.05, 0) is 43.2 Å². The van der Waals surface area contributed by atoms with Crippen LogP contribution in [0.1, 0.15) is 22.1 Å². The molecule has 2 aromatic rings. The molecule has 0 bridgehead atoms. The van der Waals surface area contributed by atoms with Crippen LogP contribution in [0.3, 0.4) is 0 Å². The quantitative estimate of drug-likeness (QED) is 0.599. The number of rotatable bonds is 4. The normalized spacial score (nSPS) is 18.4. The van der Waals surface area contributed by atoms with E-state index in [-0.39, 0.29) is 11.1 Å². The number of hydrogen-bond acceptors (Lipinski definition) is 5. The van der Waals surface area contributed by atoms with Crippen LogP contribution >= 0.6 is 11.8 Å². The van der Waals surface area contributed by atoms with Crippen molar-refractivity contribution >= 4 is 27.5 Å². The Labute approximate surface area is 151 Å². The fraction of sp³-hybridized carbons (Fsp3) is 0.294. The number of nitrogens with zero attached hydrogens (tertiary/aromatic N) is 2. The molecule has 1 aliphatic rings. The van der Waals surface area contributed by atoms with Crippen molar-refractivity contribution in [2.24, 2.45) is 0 Å². The molecule has 1 aliphatic heterocycles. The lowest BCUT2D eigenvalue weighted by atomic mass is 10.2. The number of sulfonamides is 1. The van der Waals surface area contributed by atoms with Crippen LogP contribution in [0.25, 0.3) is 0 Å². The van der Waals surface area contributed by atoms with E-state index in [1.165, 1.54) is 28.2 Å². The largest absolute Gasteiger partial charge is 0.269 e. The van der Waals surface area contributed by atoms with Gasteiger partial charge in [-0.1, -0.05) is 17.7 Å². The topological polar surface area (TPSA) is 80.5 Å². The number of thioether (sulfide) groups is 1. The van der Waals surface area contributed by atoms with Crippen molar-refractivity contribution < 1.29 is 13.3 Å². The Morgan fingerprint density at radius 2 is 1.84 bits per heavy atom. The average molecular weight is 378 g/mol. The van der Waals surface area contributed by atoms with Crippen molar-refractivity contribution in [3.63, 3.8) is 0 Å². The molecular formula is C17H18N2O4S2. The summed E-state index contributed by atoms with van der Waals surface area (Å²) < 4.78 is 27.7. The molecule has 8 heteroatoms. The van der Waals surface area contributed by atoms with Gasteiger partial charge < -0.3 is 0 Å². The molecule has 1 heterocycles. The van der Waals surface area contributed by atoms with Gasteiger partial charge in [0.25, 0.3) is 5.69 Å². The van der Waals surface area contributed by atoms with Crippen molar-refractivity contribution in [2.75, 3.05) is 12.3 Å². The number of nitro groups is 1. The molecule has 0 spiro atoms.